The van der Waals surface area contributed by atoms with E-state index in [4.69, 9.17) is 0 Å². The minimum atomic E-state index is -0.230. The number of rotatable bonds is 6. The smallest absolute Gasteiger partial charge is 0.275 e. The molecule has 0 bridgehead atoms. The van der Waals surface area contributed by atoms with Crippen LogP contribution in [0.2, 0.25) is 0 Å². The summed E-state index contributed by atoms with van der Waals surface area (Å²) in [7, 11) is 1.76. The van der Waals surface area contributed by atoms with Crippen LogP contribution in [0, 0.1) is 5.92 Å². The standard InChI is InChI=1S/C24H26N6O2/c1-16(2)13-29-23(31)21-8-6-5-7-20(21)22(27-29)24(32)28(4)17(3)18-9-11-19(12-10-18)30-15-25-14-26-30/h5-12,14-17H,13H2,1-4H3. The third-order valence-electron chi connectivity index (χ3n) is 5.57. The van der Waals surface area contributed by atoms with Gasteiger partial charge in [-0.1, -0.05) is 44.2 Å². The van der Waals surface area contributed by atoms with Gasteiger partial charge in [0, 0.05) is 19.0 Å². The van der Waals surface area contributed by atoms with Gasteiger partial charge in [-0.05, 0) is 36.6 Å². The maximum absolute atomic E-state index is 13.5. The molecule has 0 aliphatic heterocycles. The van der Waals surface area contributed by atoms with E-state index in [2.05, 4.69) is 15.2 Å². The maximum Gasteiger partial charge on any atom is 0.275 e. The number of fused-ring (bicyclic) bond motifs is 1. The van der Waals surface area contributed by atoms with Crippen LogP contribution >= 0.6 is 0 Å². The number of nitrogens with zero attached hydrogens (tertiary/aromatic N) is 6. The Hall–Kier alpha value is -3.81. The van der Waals surface area contributed by atoms with Gasteiger partial charge >= 0.3 is 0 Å². The van der Waals surface area contributed by atoms with Gasteiger partial charge < -0.3 is 4.90 Å². The third-order valence-corrected chi connectivity index (χ3v) is 5.57. The van der Waals surface area contributed by atoms with Crippen LogP contribution in [0.1, 0.15) is 42.9 Å². The van der Waals surface area contributed by atoms with Crippen LogP contribution < -0.4 is 5.56 Å². The zero-order valence-corrected chi connectivity index (χ0v) is 18.6. The summed E-state index contributed by atoms with van der Waals surface area (Å²) < 4.78 is 3.09. The molecule has 1 atom stereocenters. The highest BCUT2D eigenvalue weighted by Crippen LogP contribution is 2.23. The Morgan fingerprint density at radius 2 is 1.72 bits per heavy atom. The van der Waals surface area contributed by atoms with Gasteiger partial charge in [0.1, 0.15) is 12.7 Å². The highest BCUT2D eigenvalue weighted by atomic mass is 16.2. The lowest BCUT2D eigenvalue weighted by atomic mass is 10.1. The summed E-state index contributed by atoms with van der Waals surface area (Å²) in [6.07, 6.45) is 3.12. The molecule has 8 heteroatoms. The average molecular weight is 431 g/mol. The van der Waals surface area contributed by atoms with Crippen LogP contribution in [-0.4, -0.2) is 42.4 Å². The average Bonchev–Trinajstić information content (AvgIpc) is 3.34. The van der Waals surface area contributed by atoms with Gasteiger partial charge in [0.25, 0.3) is 11.5 Å². The van der Waals surface area contributed by atoms with Crippen molar-refractivity contribution in [1.29, 1.82) is 0 Å². The van der Waals surface area contributed by atoms with Crippen LogP contribution in [-0.2, 0) is 6.54 Å². The normalized spacial score (nSPS) is 12.3. The first kappa shape index (κ1) is 21.4. The molecule has 4 rings (SSSR count). The van der Waals surface area contributed by atoms with Gasteiger partial charge in [0.05, 0.1) is 17.1 Å². The van der Waals surface area contributed by atoms with Gasteiger partial charge in [0.15, 0.2) is 5.69 Å². The van der Waals surface area contributed by atoms with Gasteiger partial charge in [-0.25, -0.2) is 14.3 Å². The van der Waals surface area contributed by atoms with Crippen LogP contribution in [0.3, 0.4) is 0 Å². The fourth-order valence-electron chi connectivity index (χ4n) is 3.68. The Morgan fingerprint density at radius 1 is 1.03 bits per heavy atom. The molecule has 2 aromatic heterocycles. The molecule has 32 heavy (non-hydrogen) atoms. The second-order valence-corrected chi connectivity index (χ2v) is 8.30. The fourth-order valence-corrected chi connectivity index (χ4v) is 3.68. The number of carbonyl (C=O) groups excluding carboxylic acids is 1. The SMILES string of the molecule is CC(C)Cn1nc(C(=O)N(C)C(C)c2ccc(-n3cncn3)cc2)c2ccccc2c1=O. The van der Waals surface area contributed by atoms with E-state index in [1.165, 1.54) is 11.0 Å². The molecule has 2 aromatic carbocycles. The van der Waals surface area contributed by atoms with Gasteiger partial charge in [-0.15, -0.1) is 0 Å². The Kier molecular flexibility index (Phi) is 5.85. The second-order valence-electron chi connectivity index (χ2n) is 8.30. The molecule has 0 saturated carbocycles. The molecule has 164 valence electrons. The highest BCUT2D eigenvalue weighted by molar-refractivity contribution is 6.04. The minimum absolute atomic E-state index is 0.176. The number of aromatic nitrogens is 5. The summed E-state index contributed by atoms with van der Waals surface area (Å²) in [6, 6.07) is 14.8. The van der Waals surface area contributed by atoms with Crippen molar-refractivity contribution < 1.29 is 4.79 Å². The predicted molar refractivity (Wildman–Crippen MR) is 123 cm³/mol. The quantitative estimate of drug-likeness (QED) is 0.468. The van der Waals surface area contributed by atoms with Crippen molar-refractivity contribution >= 4 is 16.7 Å². The van der Waals surface area contributed by atoms with E-state index < -0.39 is 0 Å². The molecule has 0 N–H and O–H groups in total. The van der Waals surface area contributed by atoms with Crippen LogP contribution in [0.15, 0.2) is 66.0 Å². The summed E-state index contributed by atoms with van der Waals surface area (Å²) in [5, 5.41) is 9.69. The number of amides is 1. The summed E-state index contributed by atoms with van der Waals surface area (Å²) in [5.41, 5.74) is 1.98. The lowest BCUT2D eigenvalue weighted by molar-refractivity contribution is 0.0736. The molecule has 0 spiro atoms. The third kappa shape index (κ3) is 4.03. The Balaban J connectivity index is 1.67. The molecule has 0 aliphatic carbocycles. The molecular weight excluding hydrogens is 404 g/mol. The summed E-state index contributed by atoms with van der Waals surface area (Å²) >= 11 is 0. The van der Waals surface area contributed by atoms with E-state index in [1.54, 1.807) is 41.2 Å². The van der Waals surface area contributed by atoms with Crippen LogP contribution in [0.4, 0.5) is 0 Å². The van der Waals surface area contributed by atoms with E-state index in [-0.39, 0.29) is 29.1 Å². The molecule has 4 aromatic rings. The van der Waals surface area contributed by atoms with Crippen molar-refractivity contribution in [3.05, 3.63) is 82.8 Å². The van der Waals surface area contributed by atoms with Gasteiger partial charge in [-0.2, -0.15) is 10.2 Å². The molecule has 2 heterocycles. The molecule has 1 amide bonds. The van der Waals surface area contributed by atoms with Gasteiger partial charge in [0.2, 0.25) is 0 Å². The predicted octanol–water partition coefficient (Wildman–Crippen LogP) is 3.47. The lowest BCUT2D eigenvalue weighted by Crippen LogP contribution is -2.34. The molecule has 1 unspecified atom stereocenters. The van der Waals surface area contributed by atoms with Crippen molar-refractivity contribution in [2.24, 2.45) is 5.92 Å². The Morgan fingerprint density at radius 3 is 2.34 bits per heavy atom. The number of carbonyl (C=O) groups is 1. The molecule has 0 aliphatic rings. The van der Waals surface area contributed by atoms with Crippen molar-refractivity contribution in [2.75, 3.05) is 7.05 Å². The molecular formula is C24H26N6O2. The fraction of sp³-hybridized carbons (Fsp3) is 0.292. The van der Waals surface area contributed by atoms with E-state index in [1.807, 2.05) is 51.1 Å². The number of hydrogen-bond acceptors (Lipinski definition) is 5. The Labute approximate surface area is 186 Å². The first-order valence-corrected chi connectivity index (χ1v) is 10.6. The van der Waals surface area contributed by atoms with E-state index >= 15 is 0 Å². The Bertz CT molecular complexity index is 1290. The molecule has 0 saturated heterocycles. The number of hydrogen-bond donors (Lipinski definition) is 0. The van der Waals surface area contributed by atoms with E-state index in [9.17, 15) is 9.59 Å². The summed E-state index contributed by atoms with van der Waals surface area (Å²) in [6.45, 7) is 6.45. The van der Waals surface area contributed by atoms with Crippen molar-refractivity contribution in [2.45, 2.75) is 33.4 Å². The van der Waals surface area contributed by atoms with Crippen molar-refractivity contribution in [1.82, 2.24) is 29.4 Å². The monoisotopic (exact) mass is 430 g/mol. The summed E-state index contributed by atoms with van der Waals surface area (Å²) in [5.74, 6) is -0.00368. The number of benzene rings is 2. The first-order chi connectivity index (χ1) is 15.4. The second kappa shape index (κ2) is 8.74. The minimum Gasteiger partial charge on any atom is -0.334 e. The topological polar surface area (TPSA) is 85.9 Å². The van der Waals surface area contributed by atoms with Gasteiger partial charge in [-0.3, -0.25) is 9.59 Å². The first-order valence-electron chi connectivity index (χ1n) is 10.6. The van der Waals surface area contributed by atoms with Crippen LogP contribution in [0.5, 0.6) is 0 Å². The molecule has 0 radical (unpaired) electrons. The molecule has 0 fully saturated rings. The van der Waals surface area contributed by atoms with E-state index in [0.29, 0.717) is 17.3 Å². The summed E-state index contributed by atoms with van der Waals surface area (Å²) in [4.78, 5) is 32.0. The zero-order valence-electron chi connectivity index (χ0n) is 18.6. The van der Waals surface area contributed by atoms with Crippen LogP contribution in [0.25, 0.3) is 16.5 Å². The van der Waals surface area contributed by atoms with E-state index in [0.717, 1.165) is 11.3 Å². The largest absolute Gasteiger partial charge is 0.334 e. The molecule has 8 nitrogen and oxygen atoms in total. The lowest BCUT2D eigenvalue weighted by Gasteiger charge is -2.26. The highest BCUT2D eigenvalue weighted by Gasteiger charge is 2.24. The van der Waals surface area contributed by atoms with Crippen molar-refractivity contribution in [3.63, 3.8) is 0 Å². The van der Waals surface area contributed by atoms with Crippen molar-refractivity contribution in [3.8, 4) is 5.69 Å². The maximum atomic E-state index is 13.5. The zero-order chi connectivity index (χ0) is 22.8.